The maximum Gasteiger partial charge on any atom is 0.411 e. The average Bonchev–Trinajstić information content (AvgIpc) is 2.56. The normalized spacial score (nSPS) is 10.9. The summed E-state index contributed by atoms with van der Waals surface area (Å²) in [7, 11) is -2.38. The minimum atomic E-state index is -3.66. The predicted molar refractivity (Wildman–Crippen MR) is 90.3 cm³/mol. The van der Waals surface area contributed by atoms with Crippen LogP contribution in [0.4, 0.5) is 16.3 Å². The van der Waals surface area contributed by atoms with Crippen LogP contribution < -0.4 is 15.8 Å². The molecule has 8 nitrogen and oxygen atoms in total. The number of amides is 1. The van der Waals surface area contributed by atoms with Gasteiger partial charge in [-0.15, -0.1) is 0 Å². The highest BCUT2D eigenvalue weighted by Gasteiger charge is 2.06. The Morgan fingerprint density at radius 3 is 2.46 bits per heavy atom. The third kappa shape index (κ3) is 5.21. The van der Waals surface area contributed by atoms with Gasteiger partial charge in [0.25, 0.3) is 0 Å². The molecule has 24 heavy (non-hydrogen) atoms. The number of carbonyl (C=O) groups is 1. The van der Waals surface area contributed by atoms with E-state index in [-0.39, 0.29) is 4.90 Å². The summed E-state index contributed by atoms with van der Waals surface area (Å²) in [5.74, 6) is 0.659. The number of hydrogen-bond acceptors (Lipinski definition) is 6. The second-order valence-corrected chi connectivity index (χ2v) is 6.48. The highest BCUT2D eigenvalue weighted by atomic mass is 32.2. The number of carbonyl (C=O) groups excluding carboxylic acids is 1. The Labute approximate surface area is 140 Å². The topological polar surface area (TPSA) is 123 Å². The summed E-state index contributed by atoms with van der Waals surface area (Å²) in [4.78, 5) is 15.3. The summed E-state index contributed by atoms with van der Waals surface area (Å²) in [6, 6.07) is 9.84. The highest BCUT2D eigenvalue weighted by Crippen LogP contribution is 2.11. The third-order valence-electron chi connectivity index (χ3n) is 3.17. The number of ether oxygens (including phenoxy) is 1. The minimum absolute atomic E-state index is 0.0922. The SMILES string of the molecule is COC(=O)Nc1ccc(NCCc2ccc(S(N)(=O)=O)cc2)nc1. The van der Waals surface area contributed by atoms with E-state index in [1.165, 1.54) is 25.4 Å². The molecule has 0 aliphatic rings. The van der Waals surface area contributed by atoms with Crippen LogP contribution in [0, 0.1) is 0 Å². The zero-order chi connectivity index (χ0) is 17.6. The first-order chi connectivity index (χ1) is 11.4. The van der Waals surface area contributed by atoms with Crippen LogP contribution in [-0.2, 0) is 21.2 Å². The first-order valence-electron chi connectivity index (χ1n) is 7.05. The number of sulfonamides is 1. The zero-order valence-corrected chi connectivity index (χ0v) is 13.8. The van der Waals surface area contributed by atoms with Gasteiger partial charge >= 0.3 is 6.09 Å². The maximum absolute atomic E-state index is 11.2. The molecule has 1 heterocycles. The van der Waals surface area contributed by atoms with Crippen molar-refractivity contribution in [2.24, 2.45) is 5.14 Å². The monoisotopic (exact) mass is 350 g/mol. The summed E-state index contributed by atoms with van der Waals surface area (Å²) in [5, 5.41) is 10.7. The zero-order valence-electron chi connectivity index (χ0n) is 13.0. The lowest BCUT2D eigenvalue weighted by Crippen LogP contribution is -2.12. The van der Waals surface area contributed by atoms with Gasteiger partial charge in [-0.1, -0.05) is 12.1 Å². The highest BCUT2D eigenvalue weighted by molar-refractivity contribution is 7.89. The Morgan fingerprint density at radius 1 is 1.21 bits per heavy atom. The molecule has 0 aliphatic heterocycles. The molecule has 0 saturated carbocycles. The van der Waals surface area contributed by atoms with Crippen LogP contribution in [0.5, 0.6) is 0 Å². The molecule has 2 aromatic rings. The molecule has 0 atom stereocenters. The summed E-state index contributed by atoms with van der Waals surface area (Å²) in [5.41, 5.74) is 1.50. The van der Waals surface area contributed by atoms with Gasteiger partial charge in [-0.2, -0.15) is 0 Å². The molecule has 0 bridgehead atoms. The lowest BCUT2D eigenvalue weighted by atomic mass is 10.1. The molecule has 0 radical (unpaired) electrons. The first kappa shape index (κ1) is 17.7. The standard InChI is InChI=1S/C15H18N4O4S/c1-23-15(20)19-12-4-7-14(18-10-12)17-9-8-11-2-5-13(6-3-11)24(16,21)22/h2-7,10H,8-9H2,1H3,(H,17,18)(H,19,20)(H2,16,21,22). The van der Waals surface area contributed by atoms with Crippen molar-refractivity contribution in [1.29, 1.82) is 0 Å². The van der Waals surface area contributed by atoms with Crippen molar-refractivity contribution in [3.05, 3.63) is 48.2 Å². The van der Waals surface area contributed by atoms with Gasteiger partial charge in [0.15, 0.2) is 0 Å². The Balaban J connectivity index is 1.84. The molecule has 1 aromatic heterocycles. The number of methoxy groups -OCH3 is 1. The van der Waals surface area contributed by atoms with E-state index in [1.54, 1.807) is 24.3 Å². The van der Waals surface area contributed by atoms with Gasteiger partial charge in [0.2, 0.25) is 10.0 Å². The molecule has 128 valence electrons. The van der Waals surface area contributed by atoms with Gasteiger partial charge in [0.1, 0.15) is 5.82 Å². The lowest BCUT2D eigenvalue weighted by Gasteiger charge is -2.08. The molecule has 9 heteroatoms. The number of pyridine rings is 1. The van der Waals surface area contributed by atoms with Crippen molar-refractivity contribution in [2.75, 3.05) is 24.3 Å². The Hall–Kier alpha value is -2.65. The number of primary sulfonamides is 1. The Kier molecular flexibility index (Phi) is 5.72. The number of anilines is 2. The van der Waals surface area contributed by atoms with E-state index in [9.17, 15) is 13.2 Å². The Bertz CT molecular complexity index is 789. The first-order valence-corrected chi connectivity index (χ1v) is 8.60. The van der Waals surface area contributed by atoms with Gasteiger partial charge in [-0.05, 0) is 36.2 Å². The van der Waals surface area contributed by atoms with Crippen molar-refractivity contribution >= 4 is 27.6 Å². The molecule has 0 aliphatic carbocycles. The minimum Gasteiger partial charge on any atom is -0.453 e. The van der Waals surface area contributed by atoms with Gasteiger partial charge in [0, 0.05) is 6.54 Å². The van der Waals surface area contributed by atoms with E-state index in [4.69, 9.17) is 5.14 Å². The van der Waals surface area contributed by atoms with E-state index in [0.717, 1.165) is 5.56 Å². The van der Waals surface area contributed by atoms with Crippen molar-refractivity contribution in [3.8, 4) is 0 Å². The van der Waals surface area contributed by atoms with Crippen LogP contribution >= 0.6 is 0 Å². The molecule has 0 spiro atoms. The van der Waals surface area contributed by atoms with E-state index < -0.39 is 16.1 Å². The fraction of sp³-hybridized carbons (Fsp3) is 0.200. The Morgan fingerprint density at radius 2 is 1.92 bits per heavy atom. The van der Waals surface area contributed by atoms with Crippen molar-refractivity contribution in [2.45, 2.75) is 11.3 Å². The van der Waals surface area contributed by atoms with E-state index in [1.807, 2.05) is 0 Å². The van der Waals surface area contributed by atoms with Crippen molar-refractivity contribution < 1.29 is 17.9 Å². The van der Waals surface area contributed by atoms with Crippen LogP contribution in [0.3, 0.4) is 0 Å². The number of hydrogen-bond donors (Lipinski definition) is 3. The van der Waals surface area contributed by atoms with Crippen LogP contribution in [0.15, 0.2) is 47.5 Å². The van der Waals surface area contributed by atoms with Crippen LogP contribution in [-0.4, -0.2) is 33.1 Å². The summed E-state index contributed by atoms with van der Waals surface area (Å²) in [6.07, 6.45) is 1.65. The number of nitrogens with zero attached hydrogens (tertiary/aromatic N) is 1. The number of nitrogens with two attached hydrogens (primary N) is 1. The summed E-state index contributed by atoms with van der Waals surface area (Å²) >= 11 is 0. The lowest BCUT2D eigenvalue weighted by molar-refractivity contribution is 0.187. The van der Waals surface area contributed by atoms with E-state index >= 15 is 0 Å². The fourth-order valence-corrected chi connectivity index (χ4v) is 2.44. The molecule has 1 aromatic carbocycles. The van der Waals surface area contributed by atoms with Gasteiger partial charge in [-0.25, -0.2) is 23.3 Å². The molecule has 0 fully saturated rings. The molecule has 2 rings (SSSR count). The summed E-state index contributed by atoms with van der Waals surface area (Å²) in [6.45, 7) is 0.617. The van der Waals surface area contributed by atoms with Crippen LogP contribution in [0.2, 0.25) is 0 Å². The third-order valence-corrected chi connectivity index (χ3v) is 4.10. The average molecular weight is 350 g/mol. The fourth-order valence-electron chi connectivity index (χ4n) is 1.92. The molecule has 1 amide bonds. The van der Waals surface area contributed by atoms with Gasteiger partial charge in [-0.3, -0.25) is 5.32 Å². The van der Waals surface area contributed by atoms with E-state index in [0.29, 0.717) is 24.5 Å². The smallest absolute Gasteiger partial charge is 0.411 e. The van der Waals surface area contributed by atoms with Crippen molar-refractivity contribution in [3.63, 3.8) is 0 Å². The number of nitrogens with one attached hydrogen (secondary N) is 2. The number of rotatable bonds is 6. The number of aromatic nitrogens is 1. The molecular formula is C15H18N4O4S. The van der Waals surface area contributed by atoms with Crippen molar-refractivity contribution in [1.82, 2.24) is 4.98 Å². The number of benzene rings is 1. The molecule has 0 saturated heterocycles. The maximum atomic E-state index is 11.2. The molecule has 4 N–H and O–H groups in total. The summed E-state index contributed by atoms with van der Waals surface area (Å²) < 4.78 is 26.8. The second-order valence-electron chi connectivity index (χ2n) is 4.91. The second kappa shape index (κ2) is 7.75. The predicted octanol–water partition coefficient (Wildman–Crippen LogP) is 1.56. The molecule has 0 unspecified atom stereocenters. The quantitative estimate of drug-likeness (QED) is 0.726. The largest absolute Gasteiger partial charge is 0.453 e. The molecular weight excluding hydrogens is 332 g/mol. The van der Waals surface area contributed by atoms with E-state index in [2.05, 4.69) is 20.4 Å². The van der Waals surface area contributed by atoms with Crippen LogP contribution in [0.1, 0.15) is 5.56 Å². The van der Waals surface area contributed by atoms with Gasteiger partial charge < -0.3 is 10.1 Å². The van der Waals surface area contributed by atoms with Gasteiger partial charge in [0.05, 0.1) is 23.9 Å². The van der Waals surface area contributed by atoms with Crippen LogP contribution in [0.25, 0.3) is 0 Å².